The molecule has 0 aliphatic carbocycles. The molecule has 2 amide bonds. The van der Waals surface area contributed by atoms with E-state index in [2.05, 4.69) is 0 Å². The van der Waals surface area contributed by atoms with E-state index in [4.69, 9.17) is 9.47 Å². The van der Waals surface area contributed by atoms with Gasteiger partial charge in [-0.15, -0.1) is 0 Å². The minimum Gasteiger partial charge on any atom is -0.496 e. The second-order valence-corrected chi connectivity index (χ2v) is 5.90. The van der Waals surface area contributed by atoms with Crippen LogP contribution in [0.2, 0.25) is 0 Å². The van der Waals surface area contributed by atoms with E-state index < -0.39 is 0 Å². The zero-order valence-corrected chi connectivity index (χ0v) is 14.9. The van der Waals surface area contributed by atoms with Crippen molar-refractivity contribution >= 4 is 12.0 Å². The summed E-state index contributed by atoms with van der Waals surface area (Å²) >= 11 is 0. The molecule has 1 aromatic carbocycles. The van der Waals surface area contributed by atoms with Crippen molar-refractivity contribution in [2.24, 2.45) is 0 Å². The van der Waals surface area contributed by atoms with E-state index in [0.717, 1.165) is 23.3 Å². The standard InChI is InChI=1S/C18H26N2O4/c1-5-24-18(22)20-10-6-9-19(11-12-20)17(21)15-7-8-16(23-4)14(3)13(15)2/h7-8H,5-6,9-12H2,1-4H3. The molecule has 0 saturated carbocycles. The van der Waals surface area contributed by atoms with E-state index >= 15 is 0 Å². The Kier molecular flexibility index (Phi) is 6.06. The van der Waals surface area contributed by atoms with Crippen molar-refractivity contribution in [2.45, 2.75) is 27.2 Å². The topological polar surface area (TPSA) is 59.1 Å². The van der Waals surface area contributed by atoms with Crippen LogP contribution in [0.25, 0.3) is 0 Å². The maximum absolute atomic E-state index is 12.9. The monoisotopic (exact) mass is 334 g/mol. The molecule has 2 rings (SSSR count). The van der Waals surface area contributed by atoms with Crippen molar-refractivity contribution in [2.75, 3.05) is 39.9 Å². The van der Waals surface area contributed by atoms with Gasteiger partial charge in [0.25, 0.3) is 5.91 Å². The van der Waals surface area contributed by atoms with Crippen LogP contribution in [0.4, 0.5) is 4.79 Å². The van der Waals surface area contributed by atoms with E-state index in [1.54, 1.807) is 18.9 Å². The highest BCUT2D eigenvalue weighted by atomic mass is 16.6. The molecule has 0 aromatic heterocycles. The molecule has 1 aliphatic heterocycles. The van der Waals surface area contributed by atoms with Crippen LogP contribution < -0.4 is 4.74 Å². The Morgan fingerprint density at radius 3 is 2.38 bits per heavy atom. The van der Waals surface area contributed by atoms with Gasteiger partial charge in [-0.1, -0.05) is 0 Å². The Morgan fingerprint density at radius 1 is 1.04 bits per heavy atom. The molecule has 1 fully saturated rings. The van der Waals surface area contributed by atoms with Crippen LogP contribution in [-0.2, 0) is 4.74 Å². The number of hydrogen-bond acceptors (Lipinski definition) is 4. The van der Waals surface area contributed by atoms with Gasteiger partial charge in [0.05, 0.1) is 13.7 Å². The average molecular weight is 334 g/mol. The third kappa shape index (κ3) is 3.80. The lowest BCUT2D eigenvalue weighted by Crippen LogP contribution is -2.37. The summed E-state index contributed by atoms with van der Waals surface area (Å²) in [7, 11) is 1.63. The predicted octanol–water partition coefficient (Wildman–Crippen LogP) is 2.62. The van der Waals surface area contributed by atoms with E-state index in [-0.39, 0.29) is 12.0 Å². The second-order valence-electron chi connectivity index (χ2n) is 5.90. The number of rotatable bonds is 3. The number of carbonyl (C=O) groups is 2. The number of nitrogens with zero attached hydrogens (tertiary/aromatic N) is 2. The van der Waals surface area contributed by atoms with Gasteiger partial charge in [-0.2, -0.15) is 0 Å². The molecular formula is C18H26N2O4. The lowest BCUT2D eigenvalue weighted by Gasteiger charge is -2.23. The van der Waals surface area contributed by atoms with E-state index in [1.165, 1.54) is 0 Å². The number of benzene rings is 1. The lowest BCUT2D eigenvalue weighted by molar-refractivity contribution is 0.0752. The summed E-state index contributed by atoms with van der Waals surface area (Å²) in [4.78, 5) is 28.2. The predicted molar refractivity (Wildman–Crippen MR) is 91.6 cm³/mol. The highest BCUT2D eigenvalue weighted by Crippen LogP contribution is 2.25. The van der Waals surface area contributed by atoms with Crippen LogP contribution in [0.15, 0.2) is 12.1 Å². The lowest BCUT2D eigenvalue weighted by atomic mass is 10.0. The van der Waals surface area contributed by atoms with E-state index in [9.17, 15) is 9.59 Å². The van der Waals surface area contributed by atoms with E-state index in [0.29, 0.717) is 38.3 Å². The van der Waals surface area contributed by atoms with Crippen LogP contribution in [0.5, 0.6) is 5.75 Å². The minimum atomic E-state index is -0.303. The third-order valence-electron chi connectivity index (χ3n) is 4.50. The molecule has 24 heavy (non-hydrogen) atoms. The summed E-state index contributed by atoms with van der Waals surface area (Å²) in [5, 5.41) is 0. The average Bonchev–Trinajstić information content (AvgIpc) is 2.83. The molecule has 1 heterocycles. The molecule has 0 radical (unpaired) electrons. The Bertz CT molecular complexity index is 615. The molecule has 1 saturated heterocycles. The summed E-state index contributed by atoms with van der Waals surface area (Å²) in [6, 6.07) is 3.65. The quantitative estimate of drug-likeness (QED) is 0.852. The van der Waals surface area contributed by atoms with Gasteiger partial charge in [0.15, 0.2) is 0 Å². The Hall–Kier alpha value is -2.24. The SMILES string of the molecule is CCOC(=O)N1CCCN(C(=O)c2ccc(OC)c(C)c2C)CC1. The molecule has 0 atom stereocenters. The Morgan fingerprint density at radius 2 is 1.71 bits per heavy atom. The molecular weight excluding hydrogens is 308 g/mol. The molecule has 0 N–H and O–H groups in total. The highest BCUT2D eigenvalue weighted by Gasteiger charge is 2.24. The smallest absolute Gasteiger partial charge is 0.409 e. The molecule has 6 nitrogen and oxygen atoms in total. The molecule has 132 valence electrons. The van der Waals surface area contributed by atoms with E-state index in [1.807, 2.05) is 30.9 Å². The molecule has 0 unspecified atom stereocenters. The molecule has 1 aliphatic rings. The fourth-order valence-corrected chi connectivity index (χ4v) is 2.94. The third-order valence-corrected chi connectivity index (χ3v) is 4.50. The zero-order valence-electron chi connectivity index (χ0n) is 14.9. The van der Waals surface area contributed by atoms with Gasteiger partial charge in [0.1, 0.15) is 5.75 Å². The van der Waals surface area contributed by atoms with Crippen LogP contribution in [0.3, 0.4) is 0 Å². The first-order chi connectivity index (χ1) is 11.5. The maximum Gasteiger partial charge on any atom is 0.409 e. The van der Waals surface area contributed by atoms with Gasteiger partial charge in [-0.25, -0.2) is 4.79 Å². The first kappa shape index (κ1) is 18.1. The van der Waals surface area contributed by atoms with Crippen molar-refractivity contribution in [1.82, 2.24) is 9.80 Å². The molecule has 6 heteroatoms. The van der Waals surface area contributed by atoms with Crippen molar-refractivity contribution < 1.29 is 19.1 Å². The fourth-order valence-electron chi connectivity index (χ4n) is 2.94. The van der Waals surface area contributed by atoms with Gasteiger partial charge in [-0.05, 0) is 50.5 Å². The summed E-state index contributed by atoms with van der Waals surface area (Å²) in [5.74, 6) is 0.789. The van der Waals surface area contributed by atoms with Gasteiger partial charge < -0.3 is 19.3 Å². The van der Waals surface area contributed by atoms with Crippen molar-refractivity contribution in [3.63, 3.8) is 0 Å². The summed E-state index contributed by atoms with van der Waals surface area (Å²) in [6.07, 6.45) is 0.446. The number of ether oxygens (including phenoxy) is 2. The van der Waals surface area contributed by atoms with Crippen LogP contribution >= 0.6 is 0 Å². The largest absolute Gasteiger partial charge is 0.496 e. The minimum absolute atomic E-state index is 0.00367. The van der Waals surface area contributed by atoms with Gasteiger partial charge in [0.2, 0.25) is 0 Å². The summed E-state index contributed by atoms with van der Waals surface area (Å²) < 4.78 is 10.4. The first-order valence-electron chi connectivity index (χ1n) is 8.34. The molecule has 1 aromatic rings. The maximum atomic E-state index is 12.9. The molecule has 0 bridgehead atoms. The van der Waals surface area contributed by atoms with Gasteiger partial charge in [-0.3, -0.25) is 4.79 Å². The summed E-state index contributed by atoms with van der Waals surface area (Å²) in [6.45, 7) is 8.32. The van der Waals surface area contributed by atoms with Crippen molar-refractivity contribution in [1.29, 1.82) is 0 Å². The number of amides is 2. The summed E-state index contributed by atoms with van der Waals surface area (Å²) in [5.41, 5.74) is 2.61. The fraction of sp³-hybridized carbons (Fsp3) is 0.556. The van der Waals surface area contributed by atoms with Gasteiger partial charge >= 0.3 is 6.09 Å². The van der Waals surface area contributed by atoms with Crippen molar-refractivity contribution in [3.05, 3.63) is 28.8 Å². The normalized spacial score (nSPS) is 15.0. The van der Waals surface area contributed by atoms with Crippen molar-refractivity contribution in [3.8, 4) is 5.75 Å². The van der Waals surface area contributed by atoms with Crippen LogP contribution in [0.1, 0.15) is 34.8 Å². The van der Waals surface area contributed by atoms with Crippen LogP contribution in [0, 0.1) is 13.8 Å². The first-order valence-corrected chi connectivity index (χ1v) is 8.34. The number of carbonyl (C=O) groups excluding carboxylic acids is 2. The Labute approximate surface area is 143 Å². The van der Waals surface area contributed by atoms with Gasteiger partial charge in [0, 0.05) is 31.7 Å². The number of hydrogen-bond donors (Lipinski definition) is 0. The molecule has 0 spiro atoms. The highest BCUT2D eigenvalue weighted by molar-refractivity contribution is 5.96. The second kappa shape index (κ2) is 8.04. The zero-order chi connectivity index (χ0) is 17.7. The number of methoxy groups -OCH3 is 1. The van der Waals surface area contributed by atoms with Crippen LogP contribution in [-0.4, -0.2) is 61.7 Å². The Balaban J connectivity index is 2.11.